The van der Waals surface area contributed by atoms with Gasteiger partial charge in [-0.15, -0.1) is 0 Å². The van der Waals surface area contributed by atoms with Gasteiger partial charge in [-0.1, -0.05) is 97.1 Å². The molecule has 0 spiro atoms. The Morgan fingerprint density at radius 1 is 0.660 bits per heavy atom. The number of carbonyl (C=O) groups is 1. The summed E-state index contributed by atoms with van der Waals surface area (Å²) < 4.78 is 82.3. The Morgan fingerprint density at radius 3 is 1.72 bits per heavy atom. The fraction of sp³-hybridized carbons (Fsp3) is 0.205. The fourth-order valence-corrected chi connectivity index (χ4v) is 5.91. The number of amides is 1. The lowest BCUT2D eigenvalue weighted by Crippen LogP contribution is -2.39. The molecule has 0 radical (unpaired) electrons. The number of nitrogens with zero attached hydrogens (tertiary/aromatic N) is 1. The highest BCUT2D eigenvalue weighted by molar-refractivity contribution is 6.04. The minimum absolute atomic E-state index is 0.0445. The highest BCUT2D eigenvalue weighted by atomic mass is 19.2. The fourth-order valence-electron chi connectivity index (χ4n) is 5.91. The maximum absolute atomic E-state index is 14.2. The number of nitrogens with one attached hydrogen (secondary N) is 1. The molecule has 0 saturated carbocycles. The second-order valence-electron chi connectivity index (χ2n) is 12.0. The first-order valence-corrected chi connectivity index (χ1v) is 15.9. The van der Waals surface area contributed by atoms with Crippen molar-refractivity contribution in [1.82, 2.24) is 4.90 Å². The van der Waals surface area contributed by atoms with Crippen LogP contribution in [0.5, 0.6) is 0 Å². The van der Waals surface area contributed by atoms with Crippen LogP contribution in [0.1, 0.15) is 57.0 Å². The van der Waals surface area contributed by atoms with Gasteiger partial charge in [0.2, 0.25) is 5.82 Å². The molecule has 11 heteroatoms. The van der Waals surface area contributed by atoms with Crippen LogP contribution in [0, 0.1) is 29.1 Å². The van der Waals surface area contributed by atoms with Gasteiger partial charge in [0.25, 0.3) is 5.91 Å². The number of ether oxygens (including phenoxy) is 2. The number of halogens is 5. The van der Waals surface area contributed by atoms with E-state index in [9.17, 15) is 31.9 Å². The molecule has 6 rings (SSSR count). The number of anilines is 1. The summed E-state index contributed by atoms with van der Waals surface area (Å²) in [7, 11) is 0. The standard InChI is InChI=1S/C39H33F5N2O4/c40-33-32(34(41)36(43)37(44)35(33)42)38(48)45-29-17-15-28(16-18-29)39-49-30(19-31(50-39)27-13-11-26(23-47)12-14-27)22-46(20-24-7-3-1-4-8-24)21-25-9-5-2-6-10-25/h1-18,30-31,39,47H,19-23H2,(H,45,48). The average Bonchev–Trinajstić information content (AvgIpc) is 3.14. The monoisotopic (exact) mass is 688 g/mol. The third-order valence-electron chi connectivity index (χ3n) is 8.45. The van der Waals surface area contributed by atoms with E-state index in [0.29, 0.717) is 31.6 Å². The topological polar surface area (TPSA) is 71.0 Å². The molecule has 50 heavy (non-hydrogen) atoms. The third-order valence-corrected chi connectivity index (χ3v) is 8.45. The van der Waals surface area contributed by atoms with Gasteiger partial charge in [0.1, 0.15) is 5.56 Å². The molecule has 1 amide bonds. The van der Waals surface area contributed by atoms with Gasteiger partial charge in [0.15, 0.2) is 29.6 Å². The summed E-state index contributed by atoms with van der Waals surface area (Å²) in [5.74, 6) is -12.7. The smallest absolute Gasteiger partial charge is 0.261 e. The highest BCUT2D eigenvalue weighted by Crippen LogP contribution is 2.39. The van der Waals surface area contributed by atoms with Gasteiger partial charge in [0, 0.05) is 37.3 Å². The van der Waals surface area contributed by atoms with Crippen molar-refractivity contribution in [2.24, 2.45) is 0 Å². The van der Waals surface area contributed by atoms with Gasteiger partial charge in [-0.05, 0) is 34.4 Å². The van der Waals surface area contributed by atoms with Crippen LogP contribution in [0.15, 0.2) is 109 Å². The van der Waals surface area contributed by atoms with Crippen molar-refractivity contribution in [3.8, 4) is 0 Å². The van der Waals surface area contributed by atoms with Crippen LogP contribution >= 0.6 is 0 Å². The molecule has 0 aromatic heterocycles. The molecule has 3 atom stereocenters. The van der Waals surface area contributed by atoms with Crippen molar-refractivity contribution >= 4 is 11.6 Å². The number of aliphatic hydroxyl groups is 1. The summed E-state index contributed by atoms with van der Waals surface area (Å²) in [5.41, 5.74) is 2.97. The molecule has 0 bridgehead atoms. The summed E-state index contributed by atoms with van der Waals surface area (Å²) in [6.45, 7) is 1.81. The zero-order valence-corrected chi connectivity index (χ0v) is 26.7. The zero-order valence-electron chi connectivity index (χ0n) is 26.7. The number of hydrogen-bond acceptors (Lipinski definition) is 5. The molecule has 1 fully saturated rings. The Kier molecular flexibility index (Phi) is 11.0. The van der Waals surface area contributed by atoms with Crippen molar-refractivity contribution in [2.75, 3.05) is 11.9 Å². The number of benzene rings is 5. The van der Waals surface area contributed by atoms with Crippen molar-refractivity contribution in [3.05, 3.63) is 172 Å². The van der Waals surface area contributed by atoms with E-state index in [1.54, 1.807) is 12.1 Å². The van der Waals surface area contributed by atoms with Crippen LogP contribution in [0.25, 0.3) is 0 Å². The Bertz CT molecular complexity index is 1840. The van der Waals surface area contributed by atoms with E-state index < -0.39 is 46.8 Å². The second-order valence-corrected chi connectivity index (χ2v) is 12.0. The summed E-state index contributed by atoms with van der Waals surface area (Å²) >= 11 is 0. The number of hydrogen-bond donors (Lipinski definition) is 2. The molecule has 3 unspecified atom stereocenters. The van der Waals surface area contributed by atoms with Gasteiger partial charge in [-0.25, -0.2) is 22.0 Å². The normalized spacial score (nSPS) is 17.5. The van der Waals surface area contributed by atoms with Gasteiger partial charge in [-0.3, -0.25) is 9.69 Å². The van der Waals surface area contributed by atoms with E-state index in [1.807, 2.05) is 60.7 Å². The van der Waals surface area contributed by atoms with Crippen LogP contribution in [0.2, 0.25) is 0 Å². The minimum Gasteiger partial charge on any atom is -0.392 e. The average molecular weight is 689 g/mol. The Labute approximate surface area is 285 Å². The molecule has 258 valence electrons. The van der Waals surface area contributed by atoms with Crippen LogP contribution in [0.4, 0.5) is 27.6 Å². The van der Waals surface area contributed by atoms with Gasteiger partial charge in [0.05, 0.1) is 18.8 Å². The predicted molar refractivity (Wildman–Crippen MR) is 176 cm³/mol. The first-order valence-electron chi connectivity index (χ1n) is 15.9. The molecule has 1 saturated heterocycles. The van der Waals surface area contributed by atoms with E-state index >= 15 is 0 Å². The molecule has 0 aliphatic carbocycles. The van der Waals surface area contributed by atoms with Gasteiger partial charge < -0.3 is 19.9 Å². The van der Waals surface area contributed by atoms with Crippen molar-refractivity contribution in [3.63, 3.8) is 0 Å². The van der Waals surface area contributed by atoms with E-state index in [4.69, 9.17) is 9.47 Å². The van der Waals surface area contributed by atoms with Crippen LogP contribution in [-0.4, -0.2) is 28.6 Å². The van der Waals surface area contributed by atoms with E-state index in [2.05, 4.69) is 34.5 Å². The second kappa shape index (κ2) is 15.7. The first-order chi connectivity index (χ1) is 24.2. The summed E-state index contributed by atoms with van der Waals surface area (Å²) in [6, 6.07) is 33.7. The summed E-state index contributed by atoms with van der Waals surface area (Å²) in [4.78, 5) is 14.9. The number of rotatable bonds is 11. The molecule has 1 heterocycles. The van der Waals surface area contributed by atoms with Crippen molar-refractivity contribution in [1.29, 1.82) is 0 Å². The van der Waals surface area contributed by atoms with Crippen LogP contribution < -0.4 is 5.32 Å². The van der Waals surface area contributed by atoms with Crippen molar-refractivity contribution in [2.45, 2.75) is 44.6 Å². The maximum atomic E-state index is 14.2. The summed E-state index contributed by atoms with van der Waals surface area (Å²) in [5, 5.41) is 11.7. The SMILES string of the molecule is O=C(Nc1ccc(C2OC(CN(Cc3ccccc3)Cc3ccccc3)CC(c3ccc(CO)cc3)O2)cc1)c1c(F)c(F)c(F)c(F)c1F. The highest BCUT2D eigenvalue weighted by Gasteiger charge is 2.34. The lowest BCUT2D eigenvalue weighted by atomic mass is 9.99. The Morgan fingerprint density at radius 2 is 1.18 bits per heavy atom. The van der Waals surface area contributed by atoms with E-state index in [-0.39, 0.29) is 24.5 Å². The number of carbonyl (C=O) groups excluding carboxylic acids is 1. The van der Waals surface area contributed by atoms with Crippen LogP contribution in [-0.2, 0) is 29.2 Å². The summed E-state index contributed by atoms with van der Waals surface area (Å²) in [6.07, 6.45) is -0.996. The molecule has 1 aliphatic rings. The third kappa shape index (κ3) is 8.09. The molecular weight excluding hydrogens is 655 g/mol. The largest absolute Gasteiger partial charge is 0.392 e. The quantitative estimate of drug-likeness (QED) is 0.0830. The maximum Gasteiger partial charge on any atom is 0.261 e. The molecular formula is C39H33F5N2O4. The predicted octanol–water partition coefficient (Wildman–Crippen LogP) is 8.37. The van der Waals surface area contributed by atoms with Gasteiger partial charge >= 0.3 is 0 Å². The molecule has 5 aromatic carbocycles. The molecule has 5 aromatic rings. The zero-order chi connectivity index (χ0) is 35.2. The first kappa shape index (κ1) is 34.9. The van der Waals surface area contributed by atoms with E-state index in [1.165, 1.54) is 12.1 Å². The lowest BCUT2D eigenvalue weighted by molar-refractivity contribution is -0.253. The van der Waals surface area contributed by atoms with Crippen LogP contribution in [0.3, 0.4) is 0 Å². The lowest BCUT2D eigenvalue weighted by Gasteiger charge is -2.38. The van der Waals surface area contributed by atoms with E-state index in [0.717, 1.165) is 22.3 Å². The Hall–Kier alpha value is -4.94. The molecule has 2 N–H and O–H groups in total. The Balaban J connectivity index is 1.24. The van der Waals surface area contributed by atoms with Gasteiger partial charge in [-0.2, -0.15) is 0 Å². The molecule has 6 nitrogen and oxygen atoms in total. The minimum atomic E-state index is -2.35. The van der Waals surface area contributed by atoms with Crippen molar-refractivity contribution < 1.29 is 41.3 Å². The molecule has 1 aliphatic heterocycles. The number of aliphatic hydroxyl groups excluding tert-OH is 1.